The van der Waals surface area contributed by atoms with Gasteiger partial charge in [-0.1, -0.05) is 0 Å². The van der Waals surface area contributed by atoms with Gasteiger partial charge < -0.3 is 9.80 Å². The molecule has 2 amide bonds. The van der Waals surface area contributed by atoms with Crippen LogP contribution in [0.2, 0.25) is 0 Å². The lowest BCUT2D eigenvalue weighted by atomic mass is 10.2. The molecule has 9 heteroatoms. The van der Waals surface area contributed by atoms with E-state index in [1.54, 1.807) is 21.8 Å². The molecule has 8 nitrogen and oxygen atoms in total. The molecule has 146 valence electrons. The van der Waals surface area contributed by atoms with E-state index < -0.39 is 0 Å². The van der Waals surface area contributed by atoms with Gasteiger partial charge in [-0.2, -0.15) is 21.5 Å². The van der Waals surface area contributed by atoms with Gasteiger partial charge in [-0.05, 0) is 30.9 Å². The summed E-state index contributed by atoms with van der Waals surface area (Å²) in [6, 6.07) is 3.66. The maximum absolute atomic E-state index is 13.3. The topological polar surface area (TPSA) is 76.3 Å². The predicted molar refractivity (Wildman–Crippen MR) is 106 cm³/mol. The van der Waals surface area contributed by atoms with Crippen LogP contribution in [-0.4, -0.2) is 67.4 Å². The standard InChI is InChI=1S/C19H22N6O2S/c1-14-16(17(22(2)21-14)25-9-3-6-20-25)19(27)24-8-4-7-23(10-11-24)18(26)15-5-12-28-13-15/h3,5-6,9,12-13H,4,7-8,10-11H2,1-2H3. The van der Waals surface area contributed by atoms with Crippen LogP contribution in [0, 0.1) is 6.92 Å². The molecule has 0 aliphatic carbocycles. The molecule has 0 aromatic carbocycles. The molecule has 3 aromatic heterocycles. The monoisotopic (exact) mass is 398 g/mol. The molecule has 0 atom stereocenters. The maximum Gasteiger partial charge on any atom is 0.259 e. The van der Waals surface area contributed by atoms with Crippen molar-refractivity contribution >= 4 is 23.2 Å². The summed E-state index contributed by atoms with van der Waals surface area (Å²) >= 11 is 1.51. The van der Waals surface area contributed by atoms with Crippen LogP contribution in [0.3, 0.4) is 0 Å². The van der Waals surface area contributed by atoms with Crippen LogP contribution >= 0.6 is 11.3 Å². The number of carbonyl (C=O) groups excluding carboxylic acids is 2. The van der Waals surface area contributed by atoms with Crippen LogP contribution < -0.4 is 0 Å². The molecule has 0 bridgehead atoms. The molecule has 28 heavy (non-hydrogen) atoms. The normalized spacial score (nSPS) is 14.9. The van der Waals surface area contributed by atoms with Gasteiger partial charge in [0.05, 0.1) is 11.3 Å². The summed E-state index contributed by atoms with van der Waals surface area (Å²) in [4.78, 5) is 29.6. The zero-order valence-electron chi connectivity index (χ0n) is 15.9. The van der Waals surface area contributed by atoms with E-state index in [4.69, 9.17) is 0 Å². The van der Waals surface area contributed by atoms with E-state index in [-0.39, 0.29) is 11.8 Å². The highest BCUT2D eigenvalue weighted by molar-refractivity contribution is 7.08. The van der Waals surface area contributed by atoms with Crippen LogP contribution in [0.15, 0.2) is 35.3 Å². The Labute approximate surface area is 167 Å². The van der Waals surface area contributed by atoms with Crippen LogP contribution in [0.4, 0.5) is 0 Å². The van der Waals surface area contributed by atoms with Crippen molar-refractivity contribution in [3.05, 3.63) is 52.1 Å². The van der Waals surface area contributed by atoms with Gasteiger partial charge in [0.15, 0.2) is 5.82 Å². The average molecular weight is 398 g/mol. The van der Waals surface area contributed by atoms with Crippen molar-refractivity contribution in [2.24, 2.45) is 7.05 Å². The van der Waals surface area contributed by atoms with Crippen molar-refractivity contribution in [2.45, 2.75) is 13.3 Å². The van der Waals surface area contributed by atoms with E-state index in [0.717, 1.165) is 6.42 Å². The smallest absolute Gasteiger partial charge is 0.259 e. The average Bonchev–Trinajstić information content (AvgIpc) is 3.40. The number of aromatic nitrogens is 4. The maximum atomic E-state index is 13.3. The van der Waals surface area contributed by atoms with Gasteiger partial charge >= 0.3 is 0 Å². The summed E-state index contributed by atoms with van der Waals surface area (Å²) in [7, 11) is 1.81. The minimum absolute atomic E-state index is 0.0327. The Hall–Kier alpha value is -2.94. The molecule has 0 radical (unpaired) electrons. The van der Waals surface area contributed by atoms with E-state index in [1.165, 1.54) is 11.3 Å². The van der Waals surface area contributed by atoms with Crippen molar-refractivity contribution in [1.82, 2.24) is 29.4 Å². The molecule has 0 unspecified atom stereocenters. The Morgan fingerprint density at radius 3 is 2.50 bits per heavy atom. The number of nitrogens with zero attached hydrogens (tertiary/aromatic N) is 6. The number of amides is 2. The van der Waals surface area contributed by atoms with Crippen molar-refractivity contribution < 1.29 is 9.59 Å². The van der Waals surface area contributed by atoms with Crippen LogP contribution in [-0.2, 0) is 7.05 Å². The molecule has 1 fully saturated rings. The number of rotatable bonds is 3. The van der Waals surface area contributed by atoms with E-state index in [9.17, 15) is 9.59 Å². The molecule has 0 saturated carbocycles. The lowest BCUT2D eigenvalue weighted by Gasteiger charge is -2.22. The second kappa shape index (κ2) is 7.59. The SMILES string of the molecule is Cc1nn(C)c(-n2cccn2)c1C(=O)N1CCCN(C(=O)c2ccsc2)CC1. The van der Waals surface area contributed by atoms with Crippen molar-refractivity contribution in [3.8, 4) is 5.82 Å². The van der Waals surface area contributed by atoms with Crippen molar-refractivity contribution in [3.63, 3.8) is 0 Å². The number of carbonyl (C=O) groups is 2. The highest BCUT2D eigenvalue weighted by Gasteiger charge is 2.29. The van der Waals surface area contributed by atoms with E-state index in [0.29, 0.717) is 48.8 Å². The predicted octanol–water partition coefficient (Wildman–Crippen LogP) is 1.96. The van der Waals surface area contributed by atoms with E-state index >= 15 is 0 Å². The lowest BCUT2D eigenvalue weighted by molar-refractivity contribution is 0.0718. The van der Waals surface area contributed by atoms with Gasteiger partial charge in [-0.3, -0.25) is 9.59 Å². The fraction of sp³-hybridized carbons (Fsp3) is 0.368. The first-order chi connectivity index (χ1) is 13.6. The molecular weight excluding hydrogens is 376 g/mol. The third-order valence-corrected chi connectivity index (χ3v) is 5.65. The summed E-state index contributed by atoms with van der Waals surface area (Å²) in [6.07, 6.45) is 4.23. The van der Waals surface area contributed by atoms with Crippen LogP contribution in [0.25, 0.3) is 5.82 Å². The molecule has 0 N–H and O–H groups in total. The first kappa shape index (κ1) is 18.4. The molecular formula is C19H22N6O2S. The fourth-order valence-corrected chi connectivity index (χ4v) is 4.23. The Kier molecular flexibility index (Phi) is 4.99. The molecule has 4 heterocycles. The third-order valence-electron chi connectivity index (χ3n) is 4.97. The van der Waals surface area contributed by atoms with Crippen LogP contribution in [0.1, 0.15) is 32.8 Å². The van der Waals surface area contributed by atoms with Gasteiger partial charge in [0, 0.05) is 51.0 Å². The first-order valence-electron chi connectivity index (χ1n) is 9.20. The van der Waals surface area contributed by atoms with E-state index in [2.05, 4.69) is 10.2 Å². The fourth-order valence-electron chi connectivity index (χ4n) is 3.60. The highest BCUT2D eigenvalue weighted by Crippen LogP contribution is 2.21. The number of hydrogen-bond donors (Lipinski definition) is 0. The lowest BCUT2D eigenvalue weighted by Crippen LogP contribution is -2.37. The number of aryl methyl sites for hydroxylation is 2. The van der Waals surface area contributed by atoms with Crippen LogP contribution in [0.5, 0.6) is 0 Å². The Balaban J connectivity index is 1.54. The largest absolute Gasteiger partial charge is 0.337 e. The van der Waals surface area contributed by atoms with E-state index in [1.807, 2.05) is 46.7 Å². The Morgan fingerprint density at radius 2 is 1.86 bits per heavy atom. The number of thiophene rings is 1. The third kappa shape index (κ3) is 3.33. The minimum Gasteiger partial charge on any atom is -0.337 e. The highest BCUT2D eigenvalue weighted by atomic mass is 32.1. The van der Waals surface area contributed by atoms with Gasteiger partial charge in [-0.25, -0.2) is 9.36 Å². The number of hydrogen-bond acceptors (Lipinski definition) is 5. The minimum atomic E-state index is -0.0686. The van der Waals surface area contributed by atoms with Gasteiger partial charge in [-0.15, -0.1) is 0 Å². The molecule has 1 aliphatic heterocycles. The van der Waals surface area contributed by atoms with Gasteiger partial charge in [0.25, 0.3) is 11.8 Å². The summed E-state index contributed by atoms with van der Waals surface area (Å²) in [5, 5.41) is 12.5. The Bertz CT molecular complexity index is 977. The second-order valence-electron chi connectivity index (χ2n) is 6.81. The summed E-state index contributed by atoms with van der Waals surface area (Å²) < 4.78 is 3.34. The zero-order valence-corrected chi connectivity index (χ0v) is 16.7. The second-order valence-corrected chi connectivity index (χ2v) is 7.59. The molecule has 4 rings (SSSR count). The quantitative estimate of drug-likeness (QED) is 0.676. The Morgan fingerprint density at radius 1 is 1.11 bits per heavy atom. The molecule has 0 spiro atoms. The zero-order chi connectivity index (χ0) is 19.7. The first-order valence-corrected chi connectivity index (χ1v) is 10.1. The van der Waals surface area contributed by atoms with Crippen molar-refractivity contribution in [2.75, 3.05) is 26.2 Å². The van der Waals surface area contributed by atoms with Gasteiger partial charge in [0.2, 0.25) is 0 Å². The summed E-state index contributed by atoms with van der Waals surface area (Å²) in [5.41, 5.74) is 1.95. The molecule has 3 aromatic rings. The molecule has 1 aliphatic rings. The van der Waals surface area contributed by atoms with Crippen molar-refractivity contribution in [1.29, 1.82) is 0 Å². The molecule has 1 saturated heterocycles. The summed E-state index contributed by atoms with van der Waals surface area (Å²) in [6.45, 7) is 4.12. The summed E-state index contributed by atoms with van der Waals surface area (Å²) in [5.74, 6) is 0.620. The van der Waals surface area contributed by atoms with Gasteiger partial charge in [0.1, 0.15) is 5.56 Å².